The summed E-state index contributed by atoms with van der Waals surface area (Å²) in [5.74, 6) is 0.669. The molecule has 0 spiro atoms. The third kappa shape index (κ3) is 6.32. The largest absolute Gasteiger partial charge is 0.455 e. The third-order valence-corrected chi connectivity index (χ3v) is 6.17. The van der Waals surface area contributed by atoms with E-state index in [0.29, 0.717) is 17.6 Å². The van der Waals surface area contributed by atoms with Gasteiger partial charge in [0.1, 0.15) is 5.82 Å². The first-order valence-corrected chi connectivity index (χ1v) is 11.0. The van der Waals surface area contributed by atoms with Gasteiger partial charge in [-0.3, -0.25) is 9.59 Å². The number of aromatic nitrogens is 3. The minimum absolute atomic E-state index is 0.0834. The van der Waals surface area contributed by atoms with Crippen molar-refractivity contribution in [1.82, 2.24) is 20.1 Å². The lowest BCUT2D eigenvalue weighted by Gasteiger charge is -2.29. The highest BCUT2D eigenvalue weighted by molar-refractivity contribution is 7.99. The monoisotopic (exact) mass is 416 g/mol. The van der Waals surface area contributed by atoms with Crippen molar-refractivity contribution in [3.05, 3.63) is 41.7 Å². The van der Waals surface area contributed by atoms with Crippen molar-refractivity contribution in [2.45, 2.75) is 57.3 Å². The lowest BCUT2D eigenvalue weighted by molar-refractivity contribution is -0.146. The van der Waals surface area contributed by atoms with Gasteiger partial charge in [-0.05, 0) is 31.2 Å². The van der Waals surface area contributed by atoms with E-state index >= 15 is 0 Å². The summed E-state index contributed by atoms with van der Waals surface area (Å²) in [4.78, 5) is 24.1. The molecule has 1 aromatic heterocycles. The lowest BCUT2D eigenvalue weighted by atomic mass is 9.86. The van der Waals surface area contributed by atoms with Crippen LogP contribution in [0.4, 0.5) is 0 Å². The van der Waals surface area contributed by atoms with Crippen molar-refractivity contribution in [2.24, 2.45) is 5.92 Å². The molecule has 2 aromatic rings. The second kappa shape index (κ2) is 10.4. The van der Waals surface area contributed by atoms with Crippen LogP contribution in [0.5, 0.6) is 0 Å². The van der Waals surface area contributed by atoms with Crippen molar-refractivity contribution in [3.63, 3.8) is 0 Å². The Kier molecular flexibility index (Phi) is 7.69. The number of esters is 1. The first-order valence-electron chi connectivity index (χ1n) is 10.0. The van der Waals surface area contributed by atoms with E-state index in [1.165, 1.54) is 18.2 Å². The number of carbonyl (C=O) groups excluding carboxylic acids is 2. The highest BCUT2D eigenvalue weighted by Gasteiger charge is 2.23. The van der Waals surface area contributed by atoms with Crippen molar-refractivity contribution in [1.29, 1.82) is 0 Å². The molecule has 0 bridgehead atoms. The van der Waals surface area contributed by atoms with Crippen LogP contribution in [0.3, 0.4) is 0 Å². The SMILES string of the molecule is Cc1nnc(SCC(=O)OCC(=O)N[C@@H]2CCCC[C@H]2C)n1Cc1ccccc1. The fraction of sp³-hybridized carbons (Fsp3) is 0.524. The van der Waals surface area contributed by atoms with Crippen LogP contribution in [0.15, 0.2) is 35.5 Å². The van der Waals surface area contributed by atoms with Gasteiger partial charge in [0.2, 0.25) is 0 Å². The van der Waals surface area contributed by atoms with Gasteiger partial charge in [-0.1, -0.05) is 61.9 Å². The Balaban J connectivity index is 1.44. The number of hydrogen-bond acceptors (Lipinski definition) is 6. The Morgan fingerprint density at radius 2 is 1.97 bits per heavy atom. The molecule has 29 heavy (non-hydrogen) atoms. The maximum absolute atomic E-state index is 12.1. The molecule has 2 atom stereocenters. The van der Waals surface area contributed by atoms with Gasteiger partial charge in [-0.2, -0.15) is 0 Å². The maximum Gasteiger partial charge on any atom is 0.316 e. The Morgan fingerprint density at radius 1 is 1.21 bits per heavy atom. The molecular weight excluding hydrogens is 388 g/mol. The molecule has 0 radical (unpaired) electrons. The summed E-state index contributed by atoms with van der Waals surface area (Å²) >= 11 is 1.27. The van der Waals surface area contributed by atoms with Crippen LogP contribution >= 0.6 is 11.8 Å². The number of benzene rings is 1. The van der Waals surface area contributed by atoms with Crippen LogP contribution in [0.2, 0.25) is 0 Å². The molecule has 3 rings (SSSR count). The van der Waals surface area contributed by atoms with Gasteiger partial charge >= 0.3 is 5.97 Å². The summed E-state index contributed by atoms with van der Waals surface area (Å²) in [5, 5.41) is 11.9. The van der Waals surface area contributed by atoms with Crippen molar-refractivity contribution < 1.29 is 14.3 Å². The summed E-state index contributed by atoms with van der Waals surface area (Å²) in [6.45, 7) is 4.44. The summed E-state index contributed by atoms with van der Waals surface area (Å²) in [5.41, 5.74) is 1.13. The number of thioether (sulfide) groups is 1. The van der Waals surface area contributed by atoms with Crippen LogP contribution in [-0.4, -0.2) is 45.0 Å². The van der Waals surface area contributed by atoms with Crippen LogP contribution in [-0.2, 0) is 20.9 Å². The number of nitrogens with zero attached hydrogens (tertiary/aromatic N) is 3. The van der Waals surface area contributed by atoms with Crippen molar-refractivity contribution in [2.75, 3.05) is 12.4 Å². The molecule has 1 aliphatic carbocycles. The van der Waals surface area contributed by atoms with E-state index in [-0.39, 0.29) is 24.3 Å². The molecule has 1 fully saturated rings. The summed E-state index contributed by atoms with van der Waals surface area (Å²) in [6, 6.07) is 10.2. The molecule has 1 amide bonds. The molecule has 8 heteroatoms. The molecule has 1 saturated carbocycles. The first kappa shape index (κ1) is 21.4. The number of hydrogen-bond donors (Lipinski definition) is 1. The molecule has 1 aromatic carbocycles. The number of carbonyl (C=O) groups is 2. The Morgan fingerprint density at radius 3 is 2.72 bits per heavy atom. The summed E-state index contributed by atoms with van der Waals surface area (Å²) < 4.78 is 7.10. The van der Waals surface area contributed by atoms with Gasteiger partial charge in [0, 0.05) is 6.04 Å². The maximum atomic E-state index is 12.1. The number of ether oxygens (including phenoxy) is 1. The Bertz CT molecular complexity index is 825. The number of nitrogens with one attached hydrogen (secondary N) is 1. The smallest absolute Gasteiger partial charge is 0.316 e. The van der Waals surface area contributed by atoms with E-state index in [2.05, 4.69) is 22.4 Å². The molecule has 7 nitrogen and oxygen atoms in total. The Labute approximate surface area is 175 Å². The molecule has 0 aliphatic heterocycles. The zero-order valence-electron chi connectivity index (χ0n) is 17.0. The zero-order chi connectivity index (χ0) is 20.6. The average Bonchev–Trinajstić information content (AvgIpc) is 3.07. The highest BCUT2D eigenvalue weighted by atomic mass is 32.2. The van der Waals surface area contributed by atoms with Gasteiger partial charge in [0.05, 0.1) is 12.3 Å². The van der Waals surface area contributed by atoms with Crippen LogP contribution < -0.4 is 5.32 Å². The predicted molar refractivity (Wildman–Crippen MR) is 112 cm³/mol. The third-order valence-electron chi connectivity index (χ3n) is 5.23. The quantitative estimate of drug-likeness (QED) is 0.526. The summed E-state index contributed by atoms with van der Waals surface area (Å²) in [7, 11) is 0. The van der Waals surface area contributed by atoms with E-state index in [4.69, 9.17) is 4.74 Å². The van der Waals surface area contributed by atoms with Gasteiger partial charge in [0.25, 0.3) is 5.91 Å². The van der Waals surface area contributed by atoms with Crippen molar-refractivity contribution >= 4 is 23.6 Å². The van der Waals surface area contributed by atoms with E-state index in [0.717, 1.165) is 30.7 Å². The topological polar surface area (TPSA) is 86.1 Å². The van der Waals surface area contributed by atoms with Crippen molar-refractivity contribution in [3.8, 4) is 0 Å². The van der Waals surface area contributed by atoms with Gasteiger partial charge < -0.3 is 14.6 Å². The van der Waals surface area contributed by atoms with Gasteiger partial charge in [-0.25, -0.2) is 0 Å². The number of aryl methyl sites for hydroxylation is 1. The molecule has 156 valence electrons. The second-order valence-corrected chi connectivity index (χ2v) is 8.43. The van der Waals surface area contributed by atoms with Crippen LogP contribution in [0.1, 0.15) is 44.0 Å². The van der Waals surface area contributed by atoms with E-state index < -0.39 is 5.97 Å². The molecule has 1 aliphatic rings. The predicted octanol–water partition coefficient (Wildman–Crippen LogP) is 2.97. The zero-order valence-corrected chi connectivity index (χ0v) is 17.8. The molecule has 0 saturated heterocycles. The number of amides is 1. The summed E-state index contributed by atoms with van der Waals surface area (Å²) in [6.07, 6.45) is 4.47. The van der Waals surface area contributed by atoms with E-state index in [9.17, 15) is 9.59 Å². The fourth-order valence-electron chi connectivity index (χ4n) is 3.51. The standard InChI is InChI=1S/C21H28N4O3S/c1-15-8-6-7-11-18(15)22-19(26)13-28-20(27)14-29-21-24-23-16(2)25(21)12-17-9-4-3-5-10-17/h3-5,9-10,15,18H,6-8,11-14H2,1-2H3,(H,22,26)/t15-,18-/m1/s1. The minimum Gasteiger partial charge on any atom is -0.455 e. The van der Waals surface area contributed by atoms with Crippen LogP contribution in [0.25, 0.3) is 0 Å². The lowest BCUT2D eigenvalue weighted by Crippen LogP contribution is -2.43. The number of rotatable bonds is 8. The molecule has 0 unspecified atom stereocenters. The highest BCUT2D eigenvalue weighted by Crippen LogP contribution is 2.23. The van der Waals surface area contributed by atoms with E-state index in [1.54, 1.807) is 0 Å². The first-order chi connectivity index (χ1) is 14.0. The second-order valence-electron chi connectivity index (χ2n) is 7.49. The van der Waals surface area contributed by atoms with Crippen LogP contribution in [0, 0.1) is 12.8 Å². The van der Waals surface area contributed by atoms with Gasteiger partial charge in [0.15, 0.2) is 11.8 Å². The molecule has 1 heterocycles. The minimum atomic E-state index is -0.436. The fourth-order valence-corrected chi connectivity index (χ4v) is 4.29. The normalized spacial score (nSPS) is 19.0. The van der Waals surface area contributed by atoms with E-state index in [1.807, 2.05) is 41.8 Å². The molecular formula is C21H28N4O3S. The Hall–Kier alpha value is -2.35. The average molecular weight is 417 g/mol. The molecule has 1 N–H and O–H groups in total. The van der Waals surface area contributed by atoms with Gasteiger partial charge in [-0.15, -0.1) is 10.2 Å².